The Kier molecular flexibility index (Phi) is 6.92. The molecule has 1 amide bonds. The number of aryl methyl sites for hydroxylation is 1. The topological polar surface area (TPSA) is 78.5 Å². The predicted octanol–water partition coefficient (Wildman–Crippen LogP) is 3.86. The van der Waals surface area contributed by atoms with Crippen molar-refractivity contribution >= 4 is 27.3 Å². The maximum atomic E-state index is 12.6. The molecule has 156 valence electrons. The third-order valence-corrected chi connectivity index (χ3v) is 7.01. The van der Waals surface area contributed by atoms with Gasteiger partial charge in [0.05, 0.1) is 4.90 Å². The number of hydrogen-bond donors (Lipinski definition) is 2. The number of sulfonamides is 1. The Morgan fingerprint density at radius 2 is 1.59 bits per heavy atom. The molecule has 0 spiro atoms. The molecule has 7 heteroatoms. The van der Waals surface area contributed by atoms with Crippen molar-refractivity contribution in [2.75, 3.05) is 23.7 Å². The lowest BCUT2D eigenvalue weighted by atomic mass is 10.1. The number of amides is 1. The first-order valence-electron chi connectivity index (χ1n) is 10.2. The highest BCUT2D eigenvalue weighted by Gasteiger charge is 2.27. The van der Waals surface area contributed by atoms with Gasteiger partial charge in [0.1, 0.15) is 6.04 Å². The maximum absolute atomic E-state index is 12.6. The van der Waals surface area contributed by atoms with Gasteiger partial charge < -0.3 is 10.6 Å². The van der Waals surface area contributed by atoms with Crippen molar-refractivity contribution in [1.82, 2.24) is 4.31 Å². The first-order chi connectivity index (χ1) is 13.9. The molecule has 1 aliphatic rings. The molecule has 0 radical (unpaired) electrons. The van der Waals surface area contributed by atoms with Crippen LogP contribution in [0.3, 0.4) is 0 Å². The molecule has 6 nitrogen and oxygen atoms in total. The molecule has 0 bridgehead atoms. The zero-order valence-corrected chi connectivity index (χ0v) is 17.8. The summed E-state index contributed by atoms with van der Waals surface area (Å²) >= 11 is 0. The summed E-state index contributed by atoms with van der Waals surface area (Å²) in [5.74, 6) is -0.183. The molecule has 29 heavy (non-hydrogen) atoms. The molecule has 0 unspecified atom stereocenters. The Labute approximate surface area is 173 Å². The van der Waals surface area contributed by atoms with Gasteiger partial charge in [-0.25, -0.2) is 8.42 Å². The first kappa shape index (κ1) is 21.3. The number of nitrogens with zero attached hydrogens (tertiary/aromatic N) is 1. The zero-order valence-electron chi connectivity index (χ0n) is 17.0. The predicted molar refractivity (Wildman–Crippen MR) is 117 cm³/mol. The number of hydrogen-bond acceptors (Lipinski definition) is 4. The monoisotopic (exact) mass is 415 g/mol. The summed E-state index contributed by atoms with van der Waals surface area (Å²) in [5, 5.41) is 6.02. The van der Waals surface area contributed by atoms with E-state index in [1.54, 1.807) is 31.2 Å². The van der Waals surface area contributed by atoms with Gasteiger partial charge >= 0.3 is 0 Å². The van der Waals surface area contributed by atoms with Crippen molar-refractivity contribution in [3.05, 3.63) is 54.1 Å². The minimum atomic E-state index is -3.44. The quantitative estimate of drug-likeness (QED) is 0.686. The highest BCUT2D eigenvalue weighted by molar-refractivity contribution is 7.89. The fraction of sp³-hybridized carbons (Fsp3) is 0.409. The largest absolute Gasteiger partial charge is 0.374 e. The fourth-order valence-electron chi connectivity index (χ4n) is 3.41. The summed E-state index contributed by atoms with van der Waals surface area (Å²) < 4.78 is 26.7. The van der Waals surface area contributed by atoms with Crippen molar-refractivity contribution in [1.29, 1.82) is 0 Å². The Balaban J connectivity index is 1.58. The van der Waals surface area contributed by atoms with Crippen LogP contribution in [0.5, 0.6) is 0 Å². The van der Waals surface area contributed by atoms with E-state index in [0.29, 0.717) is 18.8 Å². The van der Waals surface area contributed by atoms with Gasteiger partial charge in [0.15, 0.2) is 0 Å². The average molecular weight is 416 g/mol. The molecule has 1 heterocycles. The van der Waals surface area contributed by atoms with Gasteiger partial charge in [-0.05, 0) is 68.1 Å². The minimum Gasteiger partial charge on any atom is -0.374 e. The van der Waals surface area contributed by atoms with Crippen LogP contribution in [-0.2, 0) is 21.2 Å². The van der Waals surface area contributed by atoms with Crippen LogP contribution in [-0.4, -0.2) is 37.8 Å². The lowest BCUT2D eigenvalue weighted by Gasteiger charge is -2.17. The number of anilines is 2. The lowest BCUT2D eigenvalue weighted by molar-refractivity contribution is -0.116. The lowest BCUT2D eigenvalue weighted by Crippen LogP contribution is -2.32. The molecule has 2 aromatic rings. The van der Waals surface area contributed by atoms with Crippen LogP contribution < -0.4 is 10.6 Å². The number of carbonyl (C=O) groups excluding carboxylic acids is 1. The normalized spacial score (nSPS) is 15.8. The van der Waals surface area contributed by atoms with Crippen LogP contribution in [0.4, 0.5) is 11.4 Å². The molecule has 0 saturated carbocycles. The molecular formula is C22H29N3O3S. The van der Waals surface area contributed by atoms with E-state index in [1.807, 2.05) is 12.1 Å². The van der Waals surface area contributed by atoms with Gasteiger partial charge in [-0.3, -0.25) is 4.79 Å². The van der Waals surface area contributed by atoms with Gasteiger partial charge in [0.25, 0.3) is 0 Å². The maximum Gasteiger partial charge on any atom is 0.246 e. The summed E-state index contributed by atoms with van der Waals surface area (Å²) in [4.78, 5) is 12.7. The van der Waals surface area contributed by atoms with Gasteiger partial charge in [0.2, 0.25) is 15.9 Å². The highest BCUT2D eigenvalue weighted by atomic mass is 32.2. The third kappa shape index (κ3) is 5.36. The van der Waals surface area contributed by atoms with Gasteiger partial charge in [-0.15, -0.1) is 0 Å². The zero-order chi connectivity index (χ0) is 20.9. The summed E-state index contributed by atoms with van der Waals surface area (Å²) in [6, 6.07) is 14.0. The molecule has 2 aromatic carbocycles. The van der Waals surface area contributed by atoms with E-state index in [0.717, 1.165) is 31.4 Å². The summed E-state index contributed by atoms with van der Waals surface area (Å²) in [7, 11) is -3.44. The molecule has 2 N–H and O–H groups in total. The summed E-state index contributed by atoms with van der Waals surface area (Å²) in [6.07, 6.45) is 3.95. The highest BCUT2D eigenvalue weighted by Crippen LogP contribution is 2.22. The molecule has 3 rings (SSSR count). The molecule has 1 saturated heterocycles. The third-order valence-electron chi connectivity index (χ3n) is 5.09. The molecule has 0 aliphatic carbocycles. The fourth-order valence-corrected chi connectivity index (χ4v) is 4.93. The van der Waals surface area contributed by atoms with Crippen molar-refractivity contribution in [2.45, 2.75) is 50.5 Å². The number of nitrogens with one attached hydrogen (secondary N) is 2. The van der Waals surface area contributed by atoms with E-state index in [9.17, 15) is 13.2 Å². The Hall–Kier alpha value is -2.38. The number of benzene rings is 2. The van der Waals surface area contributed by atoms with Crippen molar-refractivity contribution in [3.8, 4) is 0 Å². The summed E-state index contributed by atoms with van der Waals surface area (Å²) in [6.45, 7) is 5.08. The minimum absolute atomic E-state index is 0.183. The van der Waals surface area contributed by atoms with E-state index in [1.165, 1.54) is 9.87 Å². The Morgan fingerprint density at radius 1 is 1.00 bits per heavy atom. The number of rotatable bonds is 8. The van der Waals surface area contributed by atoms with E-state index in [4.69, 9.17) is 0 Å². The Morgan fingerprint density at radius 3 is 2.17 bits per heavy atom. The van der Waals surface area contributed by atoms with Crippen molar-refractivity contribution < 1.29 is 13.2 Å². The van der Waals surface area contributed by atoms with Crippen LogP contribution >= 0.6 is 0 Å². The van der Waals surface area contributed by atoms with Crippen molar-refractivity contribution in [2.24, 2.45) is 0 Å². The second-order valence-electron chi connectivity index (χ2n) is 7.44. The van der Waals surface area contributed by atoms with E-state index < -0.39 is 16.1 Å². The van der Waals surface area contributed by atoms with Crippen LogP contribution in [0.2, 0.25) is 0 Å². The number of carbonyl (C=O) groups is 1. The Bertz CT molecular complexity index is 919. The smallest absolute Gasteiger partial charge is 0.246 e. The van der Waals surface area contributed by atoms with E-state index in [2.05, 4.69) is 29.7 Å². The van der Waals surface area contributed by atoms with Crippen LogP contribution in [0.25, 0.3) is 0 Å². The van der Waals surface area contributed by atoms with Gasteiger partial charge in [-0.2, -0.15) is 4.31 Å². The average Bonchev–Trinajstić information content (AvgIpc) is 3.26. The van der Waals surface area contributed by atoms with E-state index in [-0.39, 0.29) is 10.8 Å². The van der Waals surface area contributed by atoms with Crippen LogP contribution in [0.1, 0.15) is 38.7 Å². The van der Waals surface area contributed by atoms with Crippen LogP contribution in [0.15, 0.2) is 53.4 Å². The van der Waals surface area contributed by atoms with Gasteiger partial charge in [-0.1, -0.05) is 25.5 Å². The standard InChI is InChI=1S/C22H29N3O3S/c1-3-6-18-7-9-19(10-8-18)23-17(2)22(26)24-20-11-13-21(14-12-20)29(27,28)25-15-4-5-16-25/h7-14,17,23H,3-6,15-16H2,1-2H3,(H,24,26)/t17-/m1/s1. The molecule has 1 atom stereocenters. The summed E-state index contributed by atoms with van der Waals surface area (Å²) in [5.41, 5.74) is 2.74. The first-order valence-corrected chi connectivity index (χ1v) is 11.6. The molecule has 1 fully saturated rings. The van der Waals surface area contributed by atoms with E-state index >= 15 is 0 Å². The SMILES string of the molecule is CCCc1ccc(N[C@H](C)C(=O)Nc2ccc(S(=O)(=O)N3CCCC3)cc2)cc1. The second kappa shape index (κ2) is 9.41. The van der Waals surface area contributed by atoms with Crippen LogP contribution in [0, 0.1) is 0 Å². The van der Waals surface area contributed by atoms with Crippen molar-refractivity contribution in [3.63, 3.8) is 0 Å². The van der Waals surface area contributed by atoms with Gasteiger partial charge in [0, 0.05) is 24.5 Å². The molecule has 0 aromatic heterocycles. The molecule has 1 aliphatic heterocycles. The molecular weight excluding hydrogens is 386 g/mol. The second-order valence-corrected chi connectivity index (χ2v) is 9.38.